The van der Waals surface area contributed by atoms with Crippen LogP contribution in [0.15, 0.2) is 24.3 Å². The summed E-state index contributed by atoms with van der Waals surface area (Å²) in [6, 6.07) is 8.15. The Morgan fingerprint density at radius 3 is 2.90 bits per heavy atom. The Morgan fingerprint density at radius 2 is 2.10 bits per heavy atom. The topological polar surface area (TPSA) is 72.4 Å². The Labute approximate surface area is 123 Å². The van der Waals surface area contributed by atoms with Crippen molar-refractivity contribution in [3.05, 3.63) is 24.3 Å². The smallest absolute Gasteiger partial charge is 0.322 e. The molecule has 0 saturated carbocycles. The molecule has 1 aliphatic rings. The van der Waals surface area contributed by atoms with Crippen molar-refractivity contribution in [2.75, 3.05) is 37.5 Å². The van der Waals surface area contributed by atoms with Crippen LogP contribution in [0.1, 0.15) is 6.42 Å². The third kappa shape index (κ3) is 2.67. The first-order valence-corrected chi connectivity index (χ1v) is 6.79. The van der Waals surface area contributed by atoms with E-state index in [4.69, 9.17) is 9.47 Å². The van der Waals surface area contributed by atoms with E-state index < -0.39 is 0 Å². The average Bonchev–Trinajstić information content (AvgIpc) is 2.76. The summed E-state index contributed by atoms with van der Waals surface area (Å²) in [5.74, 6) is 1.85. The maximum atomic E-state index is 5.75. The van der Waals surface area contributed by atoms with Gasteiger partial charge in [-0.15, -0.1) is 0 Å². The molecule has 110 valence electrons. The first-order valence-electron chi connectivity index (χ1n) is 6.79. The highest BCUT2D eigenvalue weighted by molar-refractivity contribution is 5.66. The minimum absolute atomic E-state index is 0.284. The first kappa shape index (κ1) is 13.4. The fraction of sp³-hybridized carbons (Fsp3) is 0.357. The fourth-order valence-electron chi connectivity index (χ4n) is 2.20. The Morgan fingerprint density at radius 1 is 1.24 bits per heavy atom. The molecule has 0 radical (unpaired) electrons. The molecule has 1 N–H and O–H groups in total. The molecule has 0 bridgehead atoms. The molecule has 0 amide bonds. The van der Waals surface area contributed by atoms with Crippen LogP contribution >= 0.6 is 0 Å². The van der Waals surface area contributed by atoms with Gasteiger partial charge in [0.05, 0.1) is 19.4 Å². The number of benzene rings is 1. The van der Waals surface area contributed by atoms with Gasteiger partial charge in [0, 0.05) is 13.6 Å². The molecule has 1 aromatic carbocycles. The van der Waals surface area contributed by atoms with E-state index in [2.05, 4.69) is 20.3 Å². The second kappa shape index (κ2) is 5.82. The number of rotatable bonds is 3. The molecule has 0 saturated heterocycles. The van der Waals surface area contributed by atoms with Crippen molar-refractivity contribution in [2.45, 2.75) is 6.42 Å². The largest absolute Gasteiger partial charge is 0.491 e. The van der Waals surface area contributed by atoms with E-state index >= 15 is 0 Å². The van der Waals surface area contributed by atoms with E-state index in [0.717, 1.165) is 24.4 Å². The van der Waals surface area contributed by atoms with Crippen LogP contribution in [0.5, 0.6) is 11.8 Å². The Hall–Kier alpha value is -2.57. The molecule has 21 heavy (non-hydrogen) atoms. The van der Waals surface area contributed by atoms with Crippen LogP contribution in [0.3, 0.4) is 0 Å². The number of ether oxygens (including phenoxy) is 2. The van der Waals surface area contributed by atoms with Gasteiger partial charge >= 0.3 is 6.01 Å². The second-order valence-electron chi connectivity index (χ2n) is 4.52. The van der Waals surface area contributed by atoms with E-state index in [0.29, 0.717) is 18.5 Å². The lowest BCUT2D eigenvalue weighted by Crippen LogP contribution is -2.21. The highest BCUT2D eigenvalue weighted by atomic mass is 16.5. The molecule has 0 atom stereocenters. The molecular weight excluding hydrogens is 270 g/mol. The number of nitrogens with one attached hydrogen (secondary N) is 1. The van der Waals surface area contributed by atoms with Gasteiger partial charge in [-0.3, -0.25) is 0 Å². The maximum Gasteiger partial charge on any atom is 0.322 e. The molecule has 3 rings (SSSR count). The highest BCUT2D eigenvalue weighted by Crippen LogP contribution is 2.34. The minimum Gasteiger partial charge on any atom is -0.491 e. The number of nitrogens with zero attached hydrogens (tertiary/aromatic N) is 4. The zero-order chi connectivity index (χ0) is 14.7. The normalized spacial score (nSPS) is 13.9. The standard InChI is InChI=1S/C14H17N5O2/c1-15-12-16-13(18-14(17-12)20-2)19-8-5-9-21-11-7-4-3-6-10(11)19/h3-4,6-7H,5,8-9H2,1-2H3,(H,15,16,17,18). The SMILES string of the molecule is CNc1nc(OC)nc(N2CCCOc3ccccc32)n1. The molecule has 2 heterocycles. The van der Waals surface area contributed by atoms with Gasteiger partial charge in [0.25, 0.3) is 0 Å². The quantitative estimate of drug-likeness (QED) is 0.923. The first-order chi connectivity index (χ1) is 10.3. The molecule has 7 nitrogen and oxygen atoms in total. The number of fused-ring (bicyclic) bond motifs is 1. The van der Waals surface area contributed by atoms with Crippen LogP contribution in [0.2, 0.25) is 0 Å². The number of anilines is 3. The van der Waals surface area contributed by atoms with Gasteiger partial charge in [-0.1, -0.05) is 12.1 Å². The molecule has 0 aliphatic carbocycles. The van der Waals surface area contributed by atoms with Crippen molar-refractivity contribution in [1.29, 1.82) is 0 Å². The Balaban J connectivity index is 2.07. The lowest BCUT2D eigenvalue weighted by molar-refractivity contribution is 0.322. The van der Waals surface area contributed by atoms with Gasteiger partial charge in [0.2, 0.25) is 11.9 Å². The van der Waals surface area contributed by atoms with Gasteiger partial charge in [-0.05, 0) is 18.6 Å². The minimum atomic E-state index is 0.284. The van der Waals surface area contributed by atoms with Crippen LogP contribution in [-0.2, 0) is 0 Å². The number of para-hydroxylation sites is 2. The van der Waals surface area contributed by atoms with Crippen molar-refractivity contribution in [3.63, 3.8) is 0 Å². The van der Waals surface area contributed by atoms with Gasteiger partial charge < -0.3 is 19.7 Å². The summed E-state index contributed by atoms with van der Waals surface area (Å²) in [4.78, 5) is 14.9. The lowest BCUT2D eigenvalue weighted by atomic mass is 10.2. The molecular formula is C14H17N5O2. The van der Waals surface area contributed by atoms with Crippen LogP contribution in [0, 0.1) is 0 Å². The molecule has 1 aromatic heterocycles. The number of hydrogen-bond acceptors (Lipinski definition) is 7. The van der Waals surface area contributed by atoms with E-state index in [1.807, 2.05) is 29.2 Å². The fourth-order valence-corrected chi connectivity index (χ4v) is 2.20. The van der Waals surface area contributed by atoms with Crippen molar-refractivity contribution in [2.24, 2.45) is 0 Å². The molecule has 0 fully saturated rings. The van der Waals surface area contributed by atoms with Crippen molar-refractivity contribution in [1.82, 2.24) is 15.0 Å². The van der Waals surface area contributed by atoms with Crippen LogP contribution in [-0.4, -0.2) is 42.3 Å². The molecule has 2 aromatic rings. The lowest BCUT2D eigenvalue weighted by Gasteiger charge is -2.21. The number of aromatic nitrogens is 3. The molecule has 0 unspecified atom stereocenters. The van der Waals surface area contributed by atoms with Gasteiger partial charge in [-0.25, -0.2) is 0 Å². The predicted octanol–water partition coefficient (Wildman–Crippen LogP) is 1.84. The summed E-state index contributed by atoms with van der Waals surface area (Å²) in [6.07, 6.45) is 0.886. The molecule has 1 aliphatic heterocycles. The molecule has 0 spiro atoms. The summed E-state index contributed by atoms with van der Waals surface area (Å²) in [6.45, 7) is 1.45. The monoisotopic (exact) mass is 287 g/mol. The summed E-state index contributed by atoms with van der Waals surface area (Å²) in [5, 5.41) is 2.92. The van der Waals surface area contributed by atoms with Gasteiger partial charge in [-0.2, -0.15) is 15.0 Å². The average molecular weight is 287 g/mol. The summed E-state index contributed by atoms with van der Waals surface area (Å²) < 4.78 is 10.9. The predicted molar refractivity (Wildman–Crippen MR) is 79.5 cm³/mol. The summed E-state index contributed by atoms with van der Waals surface area (Å²) in [7, 11) is 3.30. The summed E-state index contributed by atoms with van der Waals surface area (Å²) >= 11 is 0. The van der Waals surface area contributed by atoms with Crippen molar-refractivity contribution >= 4 is 17.6 Å². The third-order valence-electron chi connectivity index (χ3n) is 3.19. The van der Waals surface area contributed by atoms with Crippen LogP contribution in [0.4, 0.5) is 17.6 Å². The summed E-state index contributed by atoms with van der Waals surface area (Å²) in [5.41, 5.74) is 0.949. The van der Waals surface area contributed by atoms with E-state index in [9.17, 15) is 0 Å². The highest BCUT2D eigenvalue weighted by Gasteiger charge is 2.21. The van der Waals surface area contributed by atoms with Crippen molar-refractivity contribution < 1.29 is 9.47 Å². The Kier molecular flexibility index (Phi) is 3.72. The van der Waals surface area contributed by atoms with Crippen molar-refractivity contribution in [3.8, 4) is 11.8 Å². The van der Waals surface area contributed by atoms with Gasteiger partial charge in [0.1, 0.15) is 5.75 Å². The third-order valence-corrected chi connectivity index (χ3v) is 3.19. The van der Waals surface area contributed by atoms with Crippen LogP contribution < -0.4 is 19.7 Å². The molecule has 7 heteroatoms. The van der Waals surface area contributed by atoms with E-state index in [1.165, 1.54) is 7.11 Å². The second-order valence-corrected chi connectivity index (χ2v) is 4.52. The van der Waals surface area contributed by atoms with Gasteiger partial charge in [0.15, 0.2) is 0 Å². The number of hydrogen-bond donors (Lipinski definition) is 1. The van der Waals surface area contributed by atoms with Crippen LogP contribution in [0.25, 0.3) is 0 Å². The van der Waals surface area contributed by atoms with E-state index in [-0.39, 0.29) is 6.01 Å². The zero-order valence-corrected chi connectivity index (χ0v) is 12.0. The number of methoxy groups -OCH3 is 1. The van der Waals surface area contributed by atoms with E-state index in [1.54, 1.807) is 7.05 Å². The maximum absolute atomic E-state index is 5.75. The Bertz CT molecular complexity index is 612. The zero-order valence-electron chi connectivity index (χ0n) is 12.0.